The molecule has 3 rings (SSSR count). The molecule has 1 heterocycles. The number of phenols is 1. The van der Waals surface area contributed by atoms with Crippen molar-refractivity contribution in [2.75, 3.05) is 12.4 Å². The van der Waals surface area contributed by atoms with E-state index in [4.69, 9.17) is 4.74 Å². The minimum absolute atomic E-state index is 0.00978. The van der Waals surface area contributed by atoms with Crippen LogP contribution in [0.4, 0.5) is 5.69 Å². The predicted molar refractivity (Wildman–Crippen MR) is 99.4 cm³/mol. The molecule has 1 atom stereocenters. The smallest absolute Gasteiger partial charge is 0.225 e. The monoisotopic (exact) mass is 351 g/mol. The molecule has 5 nitrogen and oxygen atoms in total. The number of benzene rings is 2. The van der Waals surface area contributed by atoms with Gasteiger partial charge in [-0.05, 0) is 43.2 Å². The van der Waals surface area contributed by atoms with Gasteiger partial charge >= 0.3 is 0 Å². The Morgan fingerprint density at radius 2 is 1.92 bits per heavy atom. The van der Waals surface area contributed by atoms with Gasteiger partial charge in [0.1, 0.15) is 5.60 Å². The highest BCUT2D eigenvalue weighted by Gasteiger charge is 2.28. The molecule has 0 radical (unpaired) electrons. The van der Waals surface area contributed by atoms with Gasteiger partial charge in [-0.25, -0.2) is 0 Å². The molecule has 2 aromatic carbocycles. The van der Waals surface area contributed by atoms with Crippen LogP contribution in [0.3, 0.4) is 0 Å². The van der Waals surface area contributed by atoms with Crippen LogP contribution in [0, 0.1) is 11.8 Å². The normalized spacial score (nSPS) is 16.2. The van der Waals surface area contributed by atoms with Crippen molar-refractivity contribution >= 4 is 11.6 Å². The number of rotatable bonds is 2. The minimum atomic E-state index is -1.04. The largest absolute Gasteiger partial charge is 0.504 e. The quantitative estimate of drug-likeness (QED) is 0.727. The lowest BCUT2D eigenvalue weighted by atomic mass is 9.84. The van der Waals surface area contributed by atoms with Crippen LogP contribution in [0.2, 0.25) is 0 Å². The first kappa shape index (κ1) is 17.8. The first-order valence-electron chi connectivity index (χ1n) is 8.33. The van der Waals surface area contributed by atoms with Gasteiger partial charge in [0.15, 0.2) is 11.5 Å². The molecule has 2 aromatic rings. The van der Waals surface area contributed by atoms with E-state index in [1.54, 1.807) is 19.9 Å². The summed E-state index contributed by atoms with van der Waals surface area (Å²) in [6.07, 6.45) is 0.315. The number of methoxy groups -OCH3 is 1. The Bertz CT molecular complexity index is 899. The lowest BCUT2D eigenvalue weighted by Crippen LogP contribution is -2.23. The van der Waals surface area contributed by atoms with Crippen molar-refractivity contribution in [3.63, 3.8) is 0 Å². The molecule has 0 spiro atoms. The second-order valence-corrected chi connectivity index (χ2v) is 6.85. The van der Waals surface area contributed by atoms with Gasteiger partial charge in [0.25, 0.3) is 0 Å². The molecule has 0 bridgehead atoms. The number of carbonyl (C=O) groups is 1. The van der Waals surface area contributed by atoms with Gasteiger partial charge < -0.3 is 20.3 Å². The van der Waals surface area contributed by atoms with Crippen molar-refractivity contribution in [1.82, 2.24) is 0 Å². The van der Waals surface area contributed by atoms with Gasteiger partial charge in [-0.3, -0.25) is 4.79 Å². The predicted octanol–water partition coefficient (Wildman–Crippen LogP) is 3.00. The third-order valence-corrected chi connectivity index (χ3v) is 4.22. The second kappa shape index (κ2) is 6.74. The number of nitrogens with one attached hydrogen (secondary N) is 1. The molecule has 0 aliphatic carbocycles. The van der Waals surface area contributed by atoms with Crippen LogP contribution in [0.5, 0.6) is 11.5 Å². The standard InChI is InChI=1S/C21H21NO4/c1-21(2,25)9-8-13-4-6-14(7-5-13)15-11-20(24)22-17-12-18(23)19(26-3)10-16(15)17/h4-7,10,12,15,23,25H,11H2,1-3H3,(H,22,24)/t15-/m0/s1. The van der Waals surface area contributed by atoms with Crippen molar-refractivity contribution in [2.45, 2.75) is 31.8 Å². The van der Waals surface area contributed by atoms with Crippen molar-refractivity contribution in [3.05, 3.63) is 53.1 Å². The summed E-state index contributed by atoms with van der Waals surface area (Å²) < 4.78 is 5.20. The maximum atomic E-state index is 12.1. The van der Waals surface area contributed by atoms with Crippen molar-refractivity contribution in [3.8, 4) is 23.3 Å². The zero-order valence-electron chi connectivity index (χ0n) is 15.0. The first-order chi connectivity index (χ1) is 12.3. The van der Waals surface area contributed by atoms with E-state index in [2.05, 4.69) is 17.2 Å². The maximum Gasteiger partial charge on any atom is 0.225 e. The molecular weight excluding hydrogens is 330 g/mol. The fourth-order valence-electron chi connectivity index (χ4n) is 2.96. The van der Waals surface area contributed by atoms with Crippen LogP contribution in [0.1, 0.15) is 42.9 Å². The van der Waals surface area contributed by atoms with E-state index in [9.17, 15) is 15.0 Å². The van der Waals surface area contributed by atoms with Gasteiger partial charge in [-0.2, -0.15) is 0 Å². The molecule has 0 aromatic heterocycles. The van der Waals surface area contributed by atoms with Crippen LogP contribution < -0.4 is 10.1 Å². The molecule has 1 amide bonds. The fraction of sp³-hybridized carbons (Fsp3) is 0.286. The summed E-state index contributed by atoms with van der Waals surface area (Å²) in [5, 5.41) is 22.5. The van der Waals surface area contributed by atoms with E-state index in [0.29, 0.717) is 17.9 Å². The lowest BCUT2D eigenvalue weighted by molar-refractivity contribution is -0.116. The lowest BCUT2D eigenvalue weighted by Gasteiger charge is -2.27. The molecule has 0 saturated heterocycles. The first-order valence-corrected chi connectivity index (χ1v) is 8.33. The summed E-state index contributed by atoms with van der Waals surface area (Å²) in [5.74, 6) is 5.84. The minimum Gasteiger partial charge on any atom is -0.504 e. The summed E-state index contributed by atoms with van der Waals surface area (Å²) in [7, 11) is 1.49. The number of hydrogen-bond acceptors (Lipinski definition) is 4. The summed E-state index contributed by atoms with van der Waals surface area (Å²) in [5.41, 5.74) is 2.21. The number of fused-ring (bicyclic) bond motifs is 1. The molecule has 0 saturated carbocycles. The number of ether oxygens (including phenoxy) is 1. The second-order valence-electron chi connectivity index (χ2n) is 6.85. The Morgan fingerprint density at radius 3 is 2.54 bits per heavy atom. The molecule has 3 N–H and O–H groups in total. The highest BCUT2D eigenvalue weighted by Crippen LogP contribution is 2.42. The average molecular weight is 351 g/mol. The molecule has 134 valence electrons. The number of anilines is 1. The van der Waals surface area contributed by atoms with Crippen LogP contribution in [0.15, 0.2) is 36.4 Å². The Morgan fingerprint density at radius 1 is 1.23 bits per heavy atom. The zero-order chi connectivity index (χ0) is 18.9. The summed E-state index contributed by atoms with van der Waals surface area (Å²) in [6.45, 7) is 3.27. The zero-order valence-corrected chi connectivity index (χ0v) is 15.0. The third-order valence-electron chi connectivity index (χ3n) is 4.22. The van der Waals surface area contributed by atoms with Gasteiger partial charge in [0.2, 0.25) is 5.91 Å². The number of aromatic hydroxyl groups is 1. The number of amides is 1. The highest BCUT2D eigenvalue weighted by molar-refractivity contribution is 5.96. The van der Waals surface area contributed by atoms with E-state index < -0.39 is 5.60 Å². The average Bonchev–Trinajstić information content (AvgIpc) is 2.58. The number of carbonyl (C=O) groups excluding carboxylic acids is 1. The number of aliphatic hydroxyl groups is 1. The fourth-order valence-corrected chi connectivity index (χ4v) is 2.96. The van der Waals surface area contributed by atoms with Gasteiger partial charge in [-0.1, -0.05) is 24.0 Å². The molecule has 1 aliphatic rings. The molecule has 1 aliphatic heterocycles. The van der Waals surface area contributed by atoms with E-state index in [0.717, 1.165) is 16.7 Å². The molecule has 0 fully saturated rings. The number of phenolic OH excluding ortho intramolecular Hbond substituents is 1. The van der Waals surface area contributed by atoms with Crippen LogP contribution in [-0.2, 0) is 4.79 Å². The topological polar surface area (TPSA) is 78.8 Å². The third kappa shape index (κ3) is 3.81. The van der Waals surface area contributed by atoms with Crippen molar-refractivity contribution in [1.29, 1.82) is 0 Å². The van der Waals surface area contributed by atoms with Gasteiger partial charge in [-0.15, -0.1) is 0 Å². The SMILES string of the molecule is COc1cc2c(cc1O)NC(=O)C[C@H]2c1ccc(C#CC(C)(C)O)cc1. The summed E-state index contributed by atoms with van der Waals surface area (Å²) in [4.78, 5) is 12.1. The van der Waals surface area contributed by atoms with Crippen LogP contribution in [0.25, 0.3) is 0 Å². The Kier molecular flexibility index (Phi) is 4.62. The Hall–Kier alpha value is -2.97. The van der Waals surface area contributed by atoms with Crippen LogP contribution >= 0.6 is 0 Å². The van der Waals surface area contributed by atoms with E-state index >= 15 is 0 Å². The van der Waals surface area contributed by atoms with E-state index in [1.165, 1.54) is 13.2 Å². The molecular formula is C21H21NO4. The maximum absolute atomic E-state index is 12.1. The van der Waals surface area contributed by atoms with Gasteiger partial charge in [0, 0.05) is 29.7 Å². The Balaban J connectivity index is 1.97. The molecule has 5 heteroatoms. The van der Waals surface area contributed by atoms with Crippen LogP contribution in [-0.4, -0.2) is 28.8 Å². The van der Waals surface area contributed by atoms with E-state index in [1.807, 2.05) is 24.3 Å². The van der Waals surface area contributed by atoms with Crippen molar-refractivity contribution in [2.24, 2.45) is 0 Å². The molecule has 26 heavy (non-hydrogen) atoms. The van der Waals surface area contributed by atoms with Gasteiger partial charge in [0.05, 0.1) is 7.11 Å². The highest BCUT2D eigenvalue weighted by atomic mass is 16.5. The van der Waals surface area contributed by atoms with Crippen molar-refractivity contribution < 1.29 is 19.7 Å². The summed E-state index contributed by atoms with van der Waals surface area (Å²) in [6, 6.07) is 10.9. The molecule has 0 unspecified atom stereocenters. The Labute approximate surface area is 152 Å². The van der Waals surface area contributed by atoms with E-state index in [-0.39, 0.29) is 17.6 Å². The number of hydrogen-bond donors (Lipinski definition) is 3. The summed E-state index contributed by atoms with van der Waals surface area (Å²) >= 11 is 0.